The molecule has 4 nitrogen and oxygen atoms in total. The Morgan fingerprint density at radius 2 is 1.96 bits per heavy atom. The molecule has 0 atom stereocenters. The van der Waals surface area contributed by atoms with E-state index in [1.165, 1.54) is 11.8 Å². The van der Waals surface area contributed by atoms with Gasteiger partial charge in [-0.3, -0.25) is 4.79 Å². The summed E-state index contributed by atoms with van der Waals surface area (Å²) in [5.74, 6) is -0.938. The largest absolute Gasteiger partial charge is 0.452 e. The van der Waals surface area contributed by atoms with Gasteiger partial charge in [-0.25, -0.2) is 4.79 Å². The van der Waals surface area contributed by atoms with Crippen LogP contribution in [0.25, 0.3) is 0 Å². The third kappa shape index (κ3) is 4.74. The molecule has 0 spiro atoms. The topological polar surface area (TPSA) is 55.4 Å². The Balaban J connectivity index is 1.93. The Hall–Kier alpha value is -1.98. The van der Waals surface area contributed by atoms with Crippen LogP contribution in [-0.4, -0.2) is 24.7 Å². The molecule has 23 heavy (non-hydrogen) atoms. The van der Waals surface area contributed by atoms with Crippen LogP contribution < -0.4 is 5.32 Å². The van der Waals surface area contributed by atoms with E-state index >= 15 is 0 Å². The van der Waals surface area contributed by atoms with Gasteiger partial charge in [0, 0.05) is 15.6 Å². The highest BCUT2D eigenvalue weighted by Gasteiger charge is 2.14. The summed E-state index contributed by atoms with van der Waals surface area (Å²) in [6.07, 6.45) is 1.87. The van der Waals surface area contributed by atoms with E-state index in [1.807, 2.05) is 25.3 Å². The number of anilines is 1. The molecule has 0 bridgehead atoms. The first-order valence-corrected chi connectivity index (χ1v) is 8.47. The normalized spacial score (nSPS) is 10.2. The van der Waals surface area contributed by atoms with Gasteiger partial charge in [0.1, 0.15) is 0 Å². The molecule has 2 aromatic carbocycles. The third-order valence-electron chi connectivity index (χ3n) is 3.12. The van der Waals surface area contributed by atoms with E-state index in [-0.39, 0.29) is 6.61 Å². The van der Waals surface area contributed by atoms with E-state index in [2.05, 4.69) is 5.32 Å². The number of hydrogen-bond acceptors (Lipinski definition) is 4. The number of benzene rings is 2. The molecule has 0 aliphatic carbocycles. The van der Waals surface area contributed by atoms with Gasteiger partial charge in [-0.2, -0.15) is 0 Å². The smallest absolute Gasteiger partial charge is 0.339 e. The van der Waals surface area contributed by atoms with Crippen molar-refractivity contribution in [3.8, 4) is 0 Å². The molecule has 0 radical (unpaired) electrons. The highest BCUT2D eigenvalue weighted by Crippen LogP contribution is 2.21. The second-order valence-electron chi connectivity index (χ2n) is 4.79. The summed E-state index contributed by atoms with van der Waals surface area (Å²) < 4.78 is 5.06. The zero-order valence-corrected chi connectivity index (χ0v) is 14.3. The van der Waals surface area contributed by atoms with Crippen LogP contribution in [0.1, 0.15) is 15.9 Å². The third-order valence-corrected chi connectivity index (χ3v) is 4.32. The van der Waals surface area contributed by atoms with E-state index < -0.39 is 11.9 Å². The first-order chi connectivity index (χ1) is 11.0. The zero-order valence-electron chi connectivity index (χ0n) is 12.8. The Bertz CT molecular complexity index is 734. The summed E-state index contributed by atoms with van der Waals surface area (Å²) >= 11 is 7.45. The summed E-state index contributed by atoms with van der Waals surface area (Å²) in [5.41, 5.74) is 1.93. The van der Waals surface area contributed by atoms with Gasteiger partial charge in [-0.05, 0) is 43.0 Å². The van der Waals surface area contributed by atoms with Crippen LogP contribution in [0.4, 0.5) is 5.69 Å². The SMILES string of the molecule is CSc1ccccc1C(=O)OCC(=O)Nc1ccc(C)c(Cl)c1. The van der Waals surface area contributed by atoms with Gasteiger partial charge in [-0.15, -0.1) is 11.8 Å². The molecular weight excluding hydrogens is 334 g/mol. The molecule has 0 aliphatic rings. The highest BCUT2D eigenvalue weighted by atomic mass is 35.5. The number of ether oxygens (including phenoxy) is 1. The van der Waals surface area contributed by atoms with Crippen molar-refractivity contribution >= 4 is 40.9 Å². The maximum Gasteiger partial charge on any atom is 0.339 e. The number of amides is 1. The number of nitrogens with one attached hydrogen (secondary N) is 1. The lowest BCUT2D eigenvalue weighted by Crippen LogP contribution is -2.21. The first kappa shape index (κ1) is 17.4. The number of carbonyl (C=O) groups is 2. The maximum atomic E-state index is 12.0. The van der Waals surface area contributed by atoms with E-state index in [1.54, 1.807) is 30.3 Å². The van der Waals surface area contributed by atoms with E-state index in [4.69, 9.17) is 16.3 Å². The fourth-order valence-corrected chi connectivity index (χ4v) is 2.66. The summed E-state index contributed by atoms with van der Waals surface area (Å²) in [7, 11) is 0. The molecule has 0 fully saturated rings. The molecule has 0 aromatic heterocycles. The van der Waals surface area contributed by atoms with Gasteiger partial charge < -0.3 is 10.1 Å². The number of hydrogen-bond donors (Lipinski definition) is 1. The Kier molecular flexibility index (Phi) is 6.07. The van der Waals surface area contributed by atoms with E-state index in [0.29, 0.717) is 16.3 Å². The maximum absolute atomic E-state index is 12.0. The molecular formula is C17H16ClNO3S. The van der Waals surface area contributed by atoms with Crippen molar-refractivity contribution in [3.63, 3.8) is 0 Å². The van der Waals surface area contributed by atoms with Crippen LogP contribution in [0.15, 0.2) is 47.4 Å². The molecule has 0 saturated carbocycles. The van der Waals surface area contributed by atoms with Crippen LogP contribution in [0, 0.1) is 6.92 Å². The minimum absolute atomic E-state index is 0.354. The van der Waals surface area contributed by atoms with Crippen molar-refractivity contribution in [3.05, 3.63) is 58.6 Å². The second kappa shape index (κ2) is 8.04. The monoisotopic (exact) mass is 349 g/mol. The van der Waals surface area contributed by atoms with Crippen LogP contribution >= 0.6 is 23.4 Å². The van der Waals surface area contributed by atoms with Gasteiger partial charge in [0.05, 0.1) is 5.56 Å². The first-order valence-electron chi connectivity index (χ1n) is 6.87. The Morgan fingerprint density at radius 3 is 2.65 bits per heavy atom. The number of esters is 1. The minimum Gasteiger partial charge on any atom is -0.452 e. The molecule has 1 amide bonds. The van der Waals surface area contributed by atoms with Crippen molar-refractivity contribution in [2.45, 2.75) is 11.8 Å². The number of aryl methyl sites for hydroxylation is 1. The van der Waals surface area contributed by atoms with Crippen molar-refractivity contribution in [1.29, 1.82) is 0 Å². The van der Waals surface area contributed by atoms with Crippen molar-refractivity contribution in [2.75, 3.05) is 18.2 Å². The number of carbonyl (C=O) groups excluding carboxylic acids is 2. The van der Waals surface area contributed by atoms with Crippen molar-refractivity contribution in [1.82, 2.24) is 0 Å². The van der Waals surface area contributed by atoms with Gasteiger partial charge >= 0.3 is 5.97 Å². The van der Waals surface area contributed by atoms with Crippen LogP contribution in [-0.2, 0) is 9.53 Å². The van der Waals surface area contributed by atoms with Crippen LogP contribution in [0.2, 0.25) is 5.02 Å². The Morgan fingerprint density at radius 1 is 1.22 bits per heavy atom. The lowest BCUT2D eigenvalue weighted by atomic mass is 10.2. The summed E-state index contributed by atoms with van der Waals surface area (Å²) in [4.78, 5) is 24.7. The molecule has 6 heteroatoms. The average molecular weight is 350 g/mol. The summed E-state index contributed by atoms with van der Waals surface area (Å²) in [6.45, 7) is 1.52. The lowest BCUT2D eigenvalue weighted by molar-refractivity contribution is -0.119. The van der Waals surface area contributed by atoms with Gasteiger partial charge in [0.2, 0.25) is 0 Å². The molecule has 1 N–H and O–H groups in total. The zero-order chi connectivity index (χ0) is 16.8. The predicted molar refractivity (Wildman–Crippen MR) is 93.3 cm³/mol. The minimum atomic E-state index is -0.521. The lowest BCUT2D eigenvalue weighted by Gasteiger charge is -2.09. The van der Waals surface area contributed by atoms with Crippen LogP contribution in [0.3, 0.4) is 0 Å². The van der Waals surface area contributed by atoms with Crippen molar-refractivity contribution < 1.29 is 14.3 Å². The van der Waals surface area contributed by atoms with Gasteiger partial charge in [-0.1, -0.05) is 29.8 Å². The molecule has 0 saturated heterocycles. The van der Waals surface area contributed by atoms with Gasteiger partial charge in [0.15, 0.2) is 6.61 Å². The van der Waals surface area contributed by atoms with Gasteiger partial charge in [0.25, 0.3) is 5.91 Å². The molecule has 2 aromatic rings. The second-order valence-corrected chi connectivity index (χ2v) is 6.04. The quantitative estimate of drug-likeness (QED) is 0.650. The van der Waals surface area contributed by atoms with Crippen molar-refractivity contribution in [2.24, 2.45) is 0 Å². The molecule has 0 unspecified atom stereocenters. The predicted octanol–water partition coefficient (Wildman–Crippen LogP) is 4.17. The Labute approximate surface area is 144 Å². The number of thioether (sulfide) groups is 1. The average Bonchev–Trinajstić information content (AvgIpc) is 2.56. The fraction of sp³-hybridized carbons (Fsp3) is 0.176. The standard InChI is InChI=1S/C17H16ClNO3S/c1-11-7-8-12(9-14(11)18)19-16(20)10-22-17(21)13-5-3-4-6-15(13)23-2/h3-9H,10H2,1-2H3,(H,19,20). The number of halogens is 1. The molecule has 0 heterocycles. The fourth-order valence-electron chi connectivity index (χ4n) is 1.89. The van der Waals surface area contributed by atoms with E-state index in [0.717, 1.165) is 10.5 Å². The highest BCUT2D eigenvalue weighted by molar-refractivity contribution is 7.98. The summed E-state index contributed by atoms with van der Waals surface area (Å²) in [5, 5.41) is 3.20. The van der Waals surface area contributed by atoms with Crippen LogP contribution in [0.5, 0.6) is 0 Å². The molecule has 0 aliphatic heterocycles. The number of rotatable bonds is 5. The van der Waals surface area contributed by atoms with E-state index in [9.17, 15) is 9.59 Å². The molecule has 120 valence electrons. The summed E-state index contributed by atoms with van der Waals surface area (Å²) in [6, 6.07) is 12.3. The molecule has 2 rings (SSSR count).